The van der Waals surface area contributed by atoms with Gasteiger partial charge in [0.25, 0.3) is 0 Å². The van der Waals surface area contributed by atoms with Crippen molar-refractivity contribution in [2.45, 2.75) is 65.3 Å². The average Bonchev–Trinajstić information content (AvgIpc) is 2.41. The van der Waals surface area contributed by atoms with Gasteiger partial charge in [-0.1, -0.05) is 33.1 Å². The van der Waals surface area contributed by atoms with Crippen molar-refractivity contribution in [1.82, 2.24) is 10.2 Å². The largest absolute Gasteiger partial charge is 0.315 e. The predicted octanol–water partition coefficient (Wildman–Crippen LogP) is 3.52. The monoisotopic (exact) mass is 266 g/mol. The maximum atomic E-state index is 3.71. The minimum Gasteiger partial charge on any atom is -0.315 e. The van der Waals surface area contributed by atoms with E-state index in [2.05, 4.69) is 31.0 Å². The van der Waals surface area contributed by atoms with E-state index in [1.54, 1.807) is 0 Å². The quantitative estimate of drug-likeness (QED) is 0.766. The third-order valence-corrected chi connectivity index (χ3v) is 5.45. The summed E-state index contributed by atoms with van der Waals surface area (Å²) in [7, 11) is 0. The fourth-order valence-electron chi connectivity index (χ4n) is 4.05. The van der Waals surface area contributed by atoms with Crippen LogP contribution in [0, 0.1) is 17.8 Å². The Morgan fingerprint density at radius 2 is 1.79 bits per heavy atom. The number of hydrogen-bond donors (Lipinski definition) is 1. The topological polar surface area (TPSA) is 15.3 Å². The number of nitrogens with one attached hydrogen (secondary N) is 1. The molecule has 2 rings (SSSR count). The van der Waals surface area contributed by atoms with E-state index in [9.17, 15) is 0 Å². The van der Waals surface area contributed by atoms with Crippen LogP contribution in [-0.2, 0) is 0 Å². The number of piperidine rings is 1. The van der Waals surface area contributed by atoms with E-state index in [0.717, 1.165) is 23.8 Å². The molecule has 1 aliphatic heterocycles. The lowest BCUT2D eigenvalue weighted by molar-refractivity contribution is 0.0803. The second kappa shape index (κ2) is 7.64. The Bertz CT molecular complexity index is 248. The van der Waals surface area contributed by atoms with E-state index in [0.29, 0.717) is 0 Å². The molecule has 0 aromatic carbocycles. The van der Waals surface area contributed by atoms with Gasteiger partial charge in [0.1, 0.15) is 0 Å². The maximum absolute atomic E-state index is 3.71. The summed E-state index contributed by atoms with van der Waals surface area (Å²) in [5, 5.41) is 3.71. The van der Waals surface area contributed by atoms with Crippen molar-refractivity contribution in [3.8, 4) is 0 Å². The molecule has 19 heavy (non-hydrogen) atoms. The summed E-state index contributed by atoms with van der Waals surface area (Å²) in [5.41, 5.74) is 0. The van der Waals surface area contributed by atoms with Gasteiger partial charge in [-0.15, -0.1) is 0 Å². The lowest BCUT2D eigenvalue weighted by Gasteiger charge is -2.41. The summed E-state index contributed by atoms with van der Waals surface area (Å²) in [6, 6.07) is 0.771. The zero-order chi connectivity index (χ0) is 13.7. The molecule has 1 N–H and O–H groups in total. The maximum Gasteiger partial charge on any atom is 0.0110 e. The molecule has 2 aliphatic rings. The summed E-state index contributed by atoms with van der Waals surface area (Å²) in [5.74, 6) is 2.71. The molecule has 0 bridgehead atoms. The summed E-state index contributed by atoms with van der Waals surface area (Å²) < 4.78 is 0. The van der Waals surface area contributed by atoms with Crippen molar-refractivity contribution >= 4 is 0 Å². The second-order valence-electron chi connectivity index (χ2n) is 7.26. The van der Waals surface area contributed by atoms with Crippen molar-refractivity contribution in [1.29, 1.82) is 0 Å². The van der Waals surface area contributed by atoms with Gasteiger partial charge in [-0.2, -0.15) is 0 Å². The standard InChI is InChI=1S/C17H34N2/c1-14-11-15(2)16(3)19(13-14)10-9-18-12-17-7-5-4-6-8-17/h14-18H,4-13H2,1-3H3. The van der Waals surface area contributed by atoms with E-state index in [1.165, 1.54) is 64.7 Å². The Kier molecular flexibility index (Phi) is 6.15. The van der Waals surface area contributed by atoms with Crippen LogP contribution >= 0.6 is 0 Å². The van der Waals surface area contributed by atoms with E-state index in [4.69, 9.17) is 0 Å². The van der Waals surface area contributed by atoms with Crippen LogP contribution in [0.2, 0.25) is 0 Å². The highest BCUT2D eigenvalue weighted by atomic mass is 15.2. The average molecular weight is 266 g/mol. The van der Waals surface area contributed by atoms with Gasteiger partial charge in [0.15, 0.2) is 0 Å². The fourth-order valence-corrected chi connectivity index (χ4v) is 4.05. The van der Waals surface area contributed by atoms with Gasteiger partial charge in [-0.25, -0.2) is 0 Å². The first-order valence-corrected chi connectivity index (χ1v) is 8.61. The van der Waals surface area contributed by atoms with Crippen LogP contribution in [0.4, 0.5) is 0 Å². The molecule has 0 radical (unpaired) electrons. The smallest absolute Gasteiger partial charge is 0.0110 e. The molecule has 1 saturated carbocycles. The lowest BCUT2D eigenvalue weighted by atomic mass is 9.86. The van der Waals surface area contributed by atoms with Crippen LogP contribution in [0.5, 0.6) is 0 Å². The van der Waals surface area contributed by atoms with Crippen molar-refractivity contribution in [3.05, 3.63) is 0 Å². The molecule has 1 heterocycles. The first-order chi connectivity index (χ1) is 9.16. The Hall–Kier alpha value is -0.0800. The first kappa shape index (κ1) is 15.3. The third kappa shape index (κ3) is 4.75. The number of rotatable bonds is 5. The van der Waals surface area contributed by atoms with Gasteiger partial charge in [-0.3, -0.25) is 4.90 Å². The van der Waals surface area contributed by atoms with E-state index in [-0.39, 0.29) is 0 Å². The zero-order valence-corrected chi connectivity index (χ0v) is 13.3. The first-order valence-electron chi connectivity index (χ1n) is 8.61. The highest BCUT2D eigenvalue weighted by molar-refractivity contribution is 4.82. The minimum atomic E-state index is 0.771. The Balaban J connectivity index is 1.61. The van der Waals surface area contributed by atoms with Crippen molar-refractivity contribution in [3.63, 3.8) is 0 Å². The van der Waals surface area contributed by atoms with Crippen LogP contribution in [0.15, 0.2) is 0 Å². The molecule has 2 fully saturated rings. The molecule has 0 aromatic rings. The fraction of sp³-hybridized carbons (Fsp3) is 1.00. The molecule has 0 spiro atoms. The molecule has 112 valence electrons. The van der Waals surface area contributed by atoms with Crippen LogP contribution in [0.25, 0.3) is 0 Å². The van der Waals surface area contributed by atoms with Gasteiger partial charge in [0.05, 0.1) is 0 Å². The Morgan fingerprint density at radius 3 is 2.53 bits per heavy atom. The van der Waals surface area contributed by atoms with Crippen LogP contribution < -0.4 is 5.32 Å². The van der Waals surface area contributed by atoms with E-state index < -0.39 is 0 Å². The van der Waals surface area contributed by atoms with Gasteiger partial charge in [0, 0.05) is 25.7 Å². The molecule has 3 atom stereocenters. The molecule has 0 aromatic heterocycles. The summed E-state index contributed by atoms with van der Waals surface area (Å²) in [4.78, 5) is 2.70. The van der Waals surface area contributed by atoms with Crippen molar-refractivity contribution < 1.29 is 0 Å². The molecule has 2 heteroatoms. The van der Waals surface area contributed by atoms with Crippen molar-refractivity contribution in [2.24, 2.45) is 17.8 Å². The Labute approximate surface area is 120 Å². The predicted molar refractivity (Wildman–Crippen MR) is 83.4 cm³/mol. The van der Waals surface area contributed by atoms with E-state index in [1.807, 2.05) is 0 Å². The highest BCUT2D eigenvalue weighted by Crippen LogP contribution is 2.26. The Morgan fingerprint density at radius 1 is 1.05 bits per heavy atom. The van der Waals surface area contributed by atoms with Gasteiger partial charge < -0.3 is 5.32 Å². The minimum absolute atomic E-state index is 0.771. The summed E-state index contributed by atoms with van der Waals surface area (Å²) in [6.45, 7) is 12.2. The molecule has 0 amide bonds. The van der Waals surface area contributed by atoms with Gasteiger partial charge >= 0.3 is 0 Å². The SMILES string of the molecule is CC1CC(C)C(C)N(CCNCC2CCCCC2)C1. The summed E-state index contributed by atoms with van der Waals surface area (Å²) >= 11 is 0. The molecular formula is C17H34N2. The number of likely N-dealkylation sites (tertiary alicyclic amines) is 1. The third-order valence-electron chi connectivity index (χ3n) is 5.45. The number of hydrogen-bond acceptors (Lipinski definition) is 2. The second-order valence-corrected chi connectivity index (χ2v) is 7.26. The zero-order valence-electron chi connectivity index (χ0n) is 13.3. The normalized spacial score (nSPS) is 34.6. The van der Waals surface area contributed by atoms with Crippen LogP contribution in [0.1, 0.15) is 59.3 Å². The molecule has 1 saturated heterocycles. The lowest BCUT2D eigenvalue weighted by Crippen LogP contribution is -2.48. The molecule has 3 unspecified atom stereocenters. The highest BCUT2D eigenvalue weighted by Gasteiger charge is 2.28. The van der Waals surface area contributed by atoms with Gasteiger partial charge in [-0.05, 0) is 50.5 Å². The van der Waals surface area contributed by atoms with Crippen LogP contribution in [0.3, 0.4) is 0 Å². The molecule has 2 nitrogen and oxygen atoms in total. The van der Waals surface area contributed by atoms with Crippen LogP contribution in [-0.4, -0.2) is 37.1 Å². The number of nitrogens with zero attached hydrogens (tertiary/aromatic N) is 1. The van der Waals surface area contributed by atoms with Crippen molar-refractivity contribution in [2.75, 3.05) is 26.2 Å². The van der Waals surface area contributed by atoms with E-state index >= 15 is 0 Å². The summed E-state index contributed by atoms with van der Waals surface area (Å²) in [6.07, 6.45) is 8.72. The molecular weight excluding hydrogens is 232 g/mol. The van der Waals surface area contributed by atoms with Gasteiger partial charge in [0.2, 0.25) is 0 Å². The molecule has 1 aliphatic carbocycles.